The molecule has 18 heavy (non-hydrogen) atoms. The van der Waals surface area contributed by atoms with Gasteiger partial charge in [0.2, 0.25) is 0 Å². The van der Waals surface area contributed by atoms with Gasteiger partial charge in [-0.2, -0.15) is 0 Å². The normalized spacial score (nSPS) is 12.7. The predicted octanol–water partition coefficient (Wildman–Crippen LogP) is 3.02. The fourth-order valence-electron chi connectivity index (χ4n) is 1.94. The number of nitrogens with one attached hydrogen (secondary N) is 1. The summed E-state index contributed by atoms with van der Waals surface area (Å²) >= 11 is 3.41. The second kappa shape index (κ2) is 5.63. The lowest BCUT2D eigenvalue weighted by Gasteiger charge is -2.19. The topological polar surface area (TPSA) is 29.9 Å². The van der Waals surface area contributed by atoms with Crippen molar-refractivity contribution in [1.82, 2.24) is 14.9 Å². The number of hydrogen-bond acceptors (Lipinski definition) is 2. The highest BCUT2D eigenvalue weighted by Crippen LogP contribution is 2.28. The van der Waals surface area contributed by atoms with Gasteiger partial charge in [0.1, 0.15) is 11.6 Å². The van der Waals surface area contributed by atoms with Crippen molar-refractivity contribution in [3.05, 3.63) is 52.3 Å². The molecule has 5 heteroatoms. The fourth-order valence-corrected chi connectivity index (χ4v) is 2.52. The number of hydrogen-bond donors (Lipinski definition) is 1. The Morgan fingerprint density at radius 3 is 2.83 bits per heavy atom. The summed E-state index contributed by atoms with van der Waals surface area (Å²) in [6.45, 7) is 2.84. The van der Waals surface area contributed by atoms with Crippen molar-refractivity contribution in [1.29, 1.82) is 0 Å². The van der Waals surface area contributed by atoms with Gasteiger partial charge in [-0.3, -0.25) is 0 Å². The van der Waals surface area contributed by atoms with Crippen LogP contribution in [0.5, 0.6) is 0 Å². The minimum Gasteiger partial charge on any atom is -0.336 e. The van der Waals surface area contributed by atoms with Gasteiger partial charge in [0.25, 0.3) is 0 Å². The standard InChI is InChI=1S/C13H15BrFN3/c1-3-16-12(13-17-6-7-18(13)2)10-5-4-9(15)8-11(10)14/h4-8,12,16H,3H2,1-2H3. The number of halogens is 2. The molecule has 96 valence electrons. The zero-order valence-electron chi connectivity index (χ0n) is 10.3. The van der Waals surface area contributed by atoms with Crippen molar-refractivity contribution >= 4 is 15.9 Å². The fraction of sp³-hybridized carbons (Fsp3) is 0.308. The maximum Gasteiger partial charge on any atom is 0.130 e. The first-order valence-electron chi connectivity index (χ1n) is 5.79. The van der Waals surface area contributed by atoms with Gasteiger partial charge in [0, 0.05) is 23.9 Å². The Kier molecular flexibility index (Phi) is 4.14. The summed E-state index contributed by atoms with van der Waals surface area (Å²) in [6.07, 6.45) is 3.66. The third-order valence-electron chi connectivity index (χ3n) is 2.80. The first-order valence-corrected chi connectivity index (χ1v) is 6.58. The molecule has 0 amide bonds. The van der Waals surface area contributed by atoms with Crippen LogP contribution in [0.3, 0.4) is 0 Å². The molecule has 0 bridgehead atoms. The number of benzene rings is 1. The first-order chi connectivity index (χ1) is 8.63. The summed E-state index contributed by atoms with van der Waals surface area (Å²) in [5, 5.41) is 3.37. The van der Waals surface area contributed by atoms with E-state index in [2.05, 4.69) is 26.2 Å². The van der Waals surface area contributed by atoms with Crippen molar-refractivity contribution in [2.75, 3.05) is 6.54 Å². The molecule has 0 saturated carbocycles. The number of nitrogens with zero attached hydrogens (tertiary/aromatic N) is 2. The van der Waals surface area contributed by atoms with Crippen LogP contribution < -0.4 is 5.32 Å². The number of aromatic nitrogens is 2. The van der Waals surface area contributed by atoms with E-state index < -0.39 is 0 Å². The summed E-state index contributed by atoms with van der Waals surface area (Å²) in [7, 11) is 1.95. The molecule has 0 spiro atoms. The molecule has 0 aliphatic carbocycles. The van der Waals surface area contributed by atoms with Crippen LogP contribution in [0.25, 0.3) is 0 Å². The molecule has 1 heterocycles. The minimum atomic E-state index is -0.249. The molecule has 0 radical (unpaired) electrons. The Hall–Kier alpha value is -1.20. The summed E-state index contributed by atoms with van der Waals surface area (Å²) < 4.78 is 15.9. The average Bonchev–Trinajstić information content (AvgIpc) is 2.73. The maximum atomic E-state index is 13.1. The molecule has 0 aliphatic rings. The Balaban J connectivity index is 2.45. The Bertz CT molecular complexity index is 539. The SMILES string of the molecule is CCNC(c1ccc(F)cc1Br)c1nccn1C. The predicted molar refractivity (Wildman–Crippen MR) is 72.8 cm³/mol. The van der Waals surface area contributed by atoms with E-state index in [1.807, 2.05) is 24.7 Å². The zero-order valence-corrected chi connectivity index (χ0v) is 11.9. The average molecular weight is 312 g/mol. The van der Waals surface area contributed by atoms with Gasteiger partial charge >= 0.3 is 0 Å². The second-order valence-electron chi connectivity index (χ2n) is 4.05. The molecule has 3 nitrogen and oxygen atoms in total. The van der Waals surface area contributed by atoms with Gasteiger partial charge in [0.05, 0.1) is 6.04 Å². The summed E-state index contributed by atoms with van der Waals surface area (Å²) in [5.74, 6) is 0.657. The van der Waals surface area contributed by atoms with Gasteiger partial charge in [-0.15, -0.1) is 0 Å². The highest BCUT2D eigenvalue weighted by atomic mass is 79.9. The summed E-state index contributed by atoms with van der Waals surface area (Å²) in [4.78, 5) is 4.36. The van der Waals surface area contributed by atoms with Gasteiger partial charge < -0.3 is 9.88 Å². The molecule has 1 N–H and O–H groups in total. The van der Waals surface area contributed by atoms with E-state index in [-0.39, 0.29) is 11.9 Å². The Morgan fingerprint density at radius 2 is 2.28 bits per heavy atom. The van der Waals surface area contributed by atoms with Crippen molar-refractivity contribution in [3.63, 3.8) is 0 Å². The molecule has 2 rings (SSSR count). The first kappa shape index (κ1) is 13.2. The van der Waals surface area contributed by atoms with E-state index in [1.165, 1.54) is 12.1 Å². The smallest absolute Gasteiger partial charge is 0.130 e. The van der Waals surface area contributed by atoms with Gasteiger partial charge in [0.15, 0.2) is 0 Å². The Morgan fingerprint density at radius 1 is 1.50 bits per heavy atom. The van der Waals surface area contributed by atoms with Crippen molar-refractivity contribution in [3.8, 4) is 0 Å². The molecular formula is C13H15BrFN3. The lowest BCUT2D eigenvalue weighted by molar-refractivity contribution is 0.571. The van der Waals surface area contributed by atoms with Crippen LogP contribution in [0.15, 0.2) is 35.1 Å². The lowest BCUT2D eigenvalue weighted by atomic mass is 10.1. The third-order valence-corrected chi connectivity index (χ3v) is 3.49. The van der Waals surface area contributed by atoms with Crippen molar-refractivity contribution in [2.24, 2.45) is 7.05 Å². The van der Waals surface area contributed by atoms with Crippen LogP contribution in [0, 0.1) is 5.82 Å². The molecule has 0 aliphatic heterocycles. The van der Waals surface area contributed by atoms with E-state index in [0.717, 1.165) is 22.4 Å². The van der Waals surface area contributed by atoms with E-state index in [9.17, 15) is 4.39 Å². The molecule has 1 aromatic heterocycles. The van der Waals surface area contributed by atoms with Crippen LogP contribution in [0.2, 0.25) is 0 Å². The number of rotatable bonds is 4. The number of imidazole rings is 1. The summed E-state index contributed by atoms with van der Waals surface area (Å²) in [6, 6.07) is 4.67. The molecule has 1 unspecified atom stereocenters. The molecule has 1 aromatic carbocycles. The molecular weight excluding hydrogens is 297 g/mol. The molecule has 1 atom stereocenters. The van der Waals surface area contributed by atoms with Gasteiger partial charge in [-0.05, 0) is 24.2 Å². The van der Waals surface area contributed by atoms with E-state index in [4.69, 9.17) is 0 Å². The van der Waals surface area contributed by atoms with Gasteiger partial charge in [-0.1, -0.05) is 28.9 Å². The molecule has 0 saturated heterocycles. The van der Waals surface area contributed by atoms with Crippen LogP contribution >= 0.6 is 15.9 Å². The zero-order chi connectivity index (χ0) is 13.1. The number of aryl methyl sites for hydroxylation is 1. The Labute approximate surface area is 114 Å². The second-order valence-corrected chi connectivity index (χ2v) is 4.91. The highest BCUT2D eigenvalue weighted by molar-refractivity contribution is 9.10. The van der Waals surface area contributed by atoms with Crippen LogP contribution in [0.1, 0.15) is 24.4 Å². The van der Waals surface area contributed by atoms with Crippen LogP contribution in [0.4, 0.5) is 4.39 Å². The quantitative estimate of drug-likeness (QED) is 0.940. The molecule has 2 aromatic rings. The third kappa shape index (κ3) is 2.62. The highest BCUT2D eigenvalue weighted by Gasteiger charge is 2.19. The lowest BCUT2D eigenvalue weighted by Crippen LogP contribution is -2.25. The van der Waals surface area contributed by atoms with Crippen LogP contribution in [-0.2, 0) is 7.05 Å². The minimum absolute atomic E-state index is 0.0509. The van der Waals surface area contributed by atoms with Gasteiger partial charge in [-0.25, -0.2) is 9.37 Å². The van der Waals surface area contributed by atoms with E-state index >= 15 is 0 Å². The van der Waals surface area contributed by atoms with Crippen molar-refractivity contribution < 1.29 is 4.39 Å². The maximum absolute atomic E-state index is 13.1. The largest absolute Gasteiger partial charge is 0.336 e. The summed E-state index contributed by atoms with van der Waals surface area (Å²) in [5.41, 5.74) is 0.979. The molecule has 0 fully saturated rings. The monoisotopic (exact) mass is 311 g/mol. The van der Waals surface area contributed by atoms with E-state index in [0.29, 0.717) is 0 Å². The van der Waals surface area contributed by atoms with E-state index in [1.54, 1.807) is 12.3 Å². The van der Waals surface area contributed by atoms with Crippen LogP contribution in [-0.4, -0.2) is 16.1 Å². The van der Waals surface area contributed by atoms with Crippen molar-refractivity contribution in [2.45, 2.75) is 13.0 Å².